The van der Waals surface area contributed by atoms with E-state index in [0.717, 1.165) is 18.2 Å². The van der Waals surface area contributed by atoms with Crippen LogP contribution < -0.4 is 4.72 Å². The lowest BCUT2D eigenvalue weighted by atomic mass is 10.2. The fraction of sp³-hybridized carbons (Fsp3) is 0.182. The van der Waals surface area contributed by atoms with Crippen LogP contribution in [0.3, 0.4) is 0 Å². The summed E-state index contributed by atoms with van der Waals surface area (Å²) in [5.41, 5.74) is 0.345. The van der Waals surface area contributed by atoms with Crippen LogP contribution in [0.25, 0.3) is 0 Å². The second kappa shape index (κ2) is 5.47. The first kappa shape index (κ1) is 13.7. The highest BCUT2D eigenvalue weighted by atomic mass is 32.2. The lowest BCUT2D eigenvalue weighted by Gasteiger charge is -2.07. The van der Waals surface area contributed by atoms with Crippen molar-refractivity contribution < 1.29 is 22.4 Å². The number of aliphatic hydroxyl groups excluding tert-OH is 1. The van der Waals surface area contributed by atoms with E-state index < -0.39 is 22.4 Å². The van der Waals surface area contributed by atoms with Crippen LogP contribution in [-0.2, 0) is 23.2 Å². The van der Waals surface area contributed by atoms with E-state index in [1.165, 1.54) is 12.3 Å². The van der Waals surface area contributed by atoms with Gasteiger partial charge in [-0.25, -0.2) is 17.5 Å². The highest BCUT2D eigenvalue weighted by Gasteiger charge is 2.16. The number of benzene rings is 1. The first-order chi connectivity index (χ1) is 9.03. The molecule has 19 heavy (non-hydrogen) atoms. The zero-order valence-electron chi connectivity index (χ0n) is 9.71. The molecule has 6 nitrogen and oxygen atoms in total. The number of sulfonamides is 1. The van der Waals surface area contributed by atoms with Crippen LogP contribution in [-0.4, -0.2) is 18.7 Å². The molecule has 0 aliphatic rings. The Morgan fingerprint density at radius 2 is 2.16 bits per heavy atom. The van der Waals surface area contributed by atoms with Gasteiger partial charge in [0.15, 0.2) is 0 Å². The topological polar surface area (TPSA) is 92.4 Å². The van der Waals surface area contributed by atoms with Crippen molar-refractivity contribution in [3.63, 3.8) is 0 Å². The third kappa shape index (κ3) is 3.16. The average molecular weight is 286 g/mol. The van der Waals surface area contributed by atoms with Crippen molar-refractivity contribution in [2.45, 2.75) is 18.0 Å². The quantitative estimate of drug-likeness (QED) is 0.847. The molecule has 0 radical (unpaired) electrons. The van der Waals surface area contributed by atoms with E-state index >= 15 is 0 Å². The molecule has 0 unspecified atom stereocenters. The molecule has 0 saturated carbocycles. The lowest BCUT2D eigenvalue weighted by Crippen LogP contribution is -2.23. The van der Waals surface area contributed by atoms with Crippen molar-refractivity contribution in [2.24, 2.45) is 0 Å². The molecule has 1 heterocycles. The highest BCUT2D eigenvalue weighted by molar-refractivity contribution is 7.89. The molecule has 0 aliphatic carbocycles. The molecule has 0 fully saturated rings. The van der Waals surface area contributed by atoms with Gasteiger partial charge in [-0.1, -0.05) is 5.16 Å². The van der Waals surface area contributed by atoms with Crippen molar-refractivity contribution in [2.75, 3.05) is 0 Å². The van der Waals surface area contributed by atoms with Gasteiger partial charge in [-0.15, -0.1) is 0 Å². The molecule has 0 atom stereocenters. The summed E-state index contributed by atoms with van der Waals surface area (Å²) in [6.45, 7) is -0.608. The number of aliphatic hydroxyl groups is 1. The lowest BCUT2D eigenvalue weighted by molar-refractivity contribution is 0.275. The number of hydrogen-bond donors (Lipinski definition) is 2. The molecular weight excluding hydrogens is 275 g/mol. The van der Waals surface area contributed by atoms with Crippen LogP contribution in [0.2, 0.25) is 0 Å². The van der Waals surface area contributed by atoms with Gasteiger partial charge >= 0.3 is 0 Å². The van der Waals surface area contributed by atoms with Crippen molar-refractivity contribution >= 4 is 10.0 Å². The molecule has 0 amide bonds. The van der Waals surface area contributed by atoms with Gasteiger partial charge in [0.1, 0.15) is 12.1 Å². The van der Waals surface area contributed by atoms with Crippen molar-refractivity contribution in [3.05, 3.63) is 47.6 Å². The van der Waals surface area contributed by atoms with Gasteiger partial charge in [0.05, 0.1) is 23.7 Å². The first-order valence-corrected chi connectivity index (χ1v) is 6.79. The van der Waals surface area contributed by atoms with Crippen LogP contribution in [0.15, 0.2) is 39.9 Å². The minimum atomic E-state index is -3.80. The van der Waals surface area contributed by atoms with E-state index in [4.69, 9.17) is 5.11 Å². The maximum Gasteiger partial charge on any atom is 0.240 e. The molecule has 0 bridgehead atoms. The molecule has 102 valence electrons. The van der Waals surface area contributed by atoms with Gasteiger partial charge in [-0.2, -0.15) is 0 Å². The first-order valence-electron chi connectivity index (χ1n) is 5.31. The Kier molecular flexibility index (Phi) is 3.93. The summed E-state index contributed by atoms with van der Waals surface area (Å²) >= 11 is 0. The van der Waals surface area contributed by atoms with Crippen LogP contribution in [0.1, 0.15) is 11.3 Å². The van der Waals surface area contributed by atoms with E-state index in [-0.39, 0.29) is 17.0 Å². The van der Waals surface area contributed by atoms with E-state index in [9.17, 15) is 12.8 Å². The van der Waals surface area contributed by atoms with E-state index in [0.29, 0.717) is 5.69 Å². The average Bonchev–Trinajstić information content (AvgIpc) is 2.90. The summed E-state index contributed by atoms with van der Waals surface area (Å²) in [6.07, 6.45) is 1.32. The fourth-order valence-electron chi connectivity index (χ4n) is 1.42. The maximum absolute atomic E-state index is 13.2. The van der Waals surface area contributed by atoms with E-state index in [2.05, 4.69) is 14.4 Å². The summed E-state index contributed by atoms with van der Waals surface area (Å²) in [5, 5.41) is 12.5. The standard InChI is InChI=1S/C11H11FN2O4S/c12-11-2-1-10(5-8(11)7-15)19(16,17)13-6-9-3-4-18-14-9/h1-5,13,15H,6-7H2. The molecule has 2 N–H and O–H groups in total. The fourth-order valence-corrected chi connectivity index (χ4v) is 2.47. The van der Waals surface area contributed by atoms with Gasteiger partial charge in [0.2, 0.25) is 10.0 Å². The number of hydrogen-bond acceptors (Lipinski definition) is 5. The molecule has 0 aliphatic heterocycles. The molecule has 1 aromatic carbocycles. The molecule has 2 rings (SSSR count). The predicted octanol–water partition coefficient (Wildman–Crippen LogP) is 0.785. The van der Waals surface area contributed by atoms with Gasteiger partial charge in [-0.3, -0.25) is 0 Å². The monoisotopic (exact) mass is 286 g/mol. The zero-order valence-corrected chi connectivity index (χ0v) is 10.5. The molecule has 2 aromatic rings. The molecule has 8 heteroatoms. The largest absolute Gasteiger partial charge is 0.392 e. The van der Waals surface area contributed by atoms with Crippen LogP contribution in [0.4, 0.5) is 4.39 Å². The Morgan fingerprint density at radius 3 is 2.79 bits per heavy atom. The molecular formula is C11H11FN2O4S. The number of rotatable bonds is 5. The predicted molar refractivity (Wildman–Crippen MR) is 62.9 cm³/mol. The van der Waals surface area contributed by atoms with E-state index in [1.807, 2.05) is 0 Å². The third-order valence-electron chi connectivity index (χ3n) is 2.43. The highest BCUT2D eigenvalue weighted by Crippen LogP contribution is 2.15. The Hall–Kier alpha value is -1.77. The van der Waals surface area contributed by atoms with Gasteiger partial charge in [0.25, 0.3) is 0 Å². The zero-order chi connectivity index (χ0) is 13.9. The van der Waals surface area contributed by atoms with Crippen LogP contribution in [0.5, 0.6) is 0 Å². The molecule has 0 spiro atoms. The minimum absolute atomic E-state index is 0.0370. The Bertz CT molecular complexity index is 655. The SMILES string of the molecule is O=S(=O)(NCc1ccon1)c1ccc(F)c(CO)c1. The summed E-state index contributed by atoms with van der Waals surface area (Å²) < 4.78 is 43.9. The molecule has 1 aromatic heterocycles. The Morgan fingerprint density at radius 1 is 1.37 bits per heavy atom. The van der Waals surface area contributed by atoms with Gasteiger partial charge in [-0.05, 0) is 18.2 Å². The Balaban J connectivity index is 2.19. The van der Waals surface area contributed by atoms with Crippen molar-refractivity contribution in [3.8, 4) is 0 Å². The maximum atomic E-state index is 13.2. The summed E-state index contributed by atoms with van der Waals surface area (Å²) in [6, 6.07) is 4.72. The number of nitrogens with zero attached hydrogens (tertiary/aromatic N) is 1. The second-order valence-corrected chi connectivity index (χ2v) is 5.49. The van der Waals surface area contributed by atoms with E-state index in [1.54, 1.807) is 0 Å². The third-order valence-corrected chi connectivity index (χ3v) is 3.83. The second-order valence-electron chi connectivity index (χ2n) is 3.73. The summed E-state index contributed by atoms with van der Waals surface area (Å²) in [5.74, 6) is -0.655. The van der Waals surface area contributed by atoms with Crippen molar-refractivity contribution in [1.82, 2.24) is 9.88 Å². The number of nitrogens with one attached hydrogen (secondary N) is 1. The van der Waals surface area contributed by atoms with Gasteiger partial charge < -0.3 is 9.63 Å². The normalized spacial score (nSPS) is 11.7. The molecule has 0 saturated heterocycles. The minimum Gasteiger partial charge on any atom is -0.392 e. The Labute approximate surface area is 108 Å². The van der Waals surface area contributed by atoms with Crippen LogP contribution >= 0.6 is 0 Å². The summed E-state index contributed by atoms with van der Waals surface area (Å²) in [7, 11) is -3.80. The number of aromatic nitrogens is 1. The van der Waals surface area contributed by atoms with Crippen molar-refractivity contribution in [1.29, 1.82) is 0 Å². The number of halogens is 1. The summed E-state index contributed by atoms with van der Waals surface area (Å²) in [4.78, 5) is -0.124. The van der Waals surface area contributed by atoms with Crippen LogP contribution in [0, 0.1) is 5.82 Å². The smallest absolute Gasteiger partial charge is 0.240 e. The van der Waals surface area contributed by atoms with Gasteiger partial charge in [0, 0.05) is 11.6 Å².